The first-order valence-electron chi connectivity index (χ1n) is 7.17. The second-order valence-corrected chi connectivity index (χ2v) is 5.33. The smallest absolute Gasteiger partial charge is 0.305 e. The number of nitrogens with zero attached hydrogens (tertiary/aromatic N) is 1. The van der Waals surface area contributed by atoms with Crippen molar-refractivity contribution in [2.45, 2.75) is 19.0 Å². The lowest BCUT2D eigenvalue weighted by molar-refractivity contribution is -0.140. The van der Waals surface area contributed by atoms with Gasteiger partial charge in [-0.3, -0.25) is 9.69 Å². The summed E-state index contributed by atoms with van der Waals surface area (Å²) < 4.78 is 21.5. The Morgan fingerprint density at radius 1 is 1.45 bits per heavy atom. The molecule has 1 aromatic carbocycles. The minimum absolute atomic E-state index is 0.0711. The maximum atomic E-state index is 11.0. The van der Waals surface area contributed by atoms with Gasteiger partial charge >= 0.3 is 5.97 Å². The molecule has 1 N–H and O–H groups in total. The van der Waals surface area contributed by atoms with Crippen LogP contribution in [0.1, 0.15) is 12.0 Å². The molecular weight excluding hydrogens is 290 g/mol. The van der Waals surface area contributed by atoms with Crippen molar-refractivity contribution >= 4 is 5.97 Å². The SMILES string of the molecule is COc1cc(CN2CCOCC2CC(=O)O)cc2c1OCO2. The van der Waals surface area contributed by atoms with Gasteiger partial charge in [-0.25, -0.2) is 0 Å². The number of carbonyl (C=O) groups is 1. The average Bonchev–Trinajstić information content (AvgIpc) is 2.96. The highest BCUT2D eigenvalue weighted by molar-refractivity contribution is 5.67. The van der Waals surface area contributed by atoms with Gasteiger partial charge in [-0.2, -0.15) is 0 Å². The van der Waals surface area contributed by atoms with Crippen LogP contribution in [0, 0.1) is 0 Å². The number of hydrogen-bond donors (Lipinski definition) is 1. The number of carboxylic acids is 1. The van der Waals surface area contributed by atoms with Gasteiger partial charge in [0.15, 0.2) is 11.5 Å². The number of benzene rings is 1. The van der Waals surface area contributed by atoms with Gasteiger partial charge in [0.2, 0.25) is 12.5 Å². The van der Waals surface area contributed by atoms with Crippen LogP contribution >= 0.6 is 0 Å². The van der Waals surface area contributed by atoms with Gasteiger partial charge in [-0.1, -0.05) is 0 Å². The maximum Gasteiger partial charge on any atom is 0.305 e. The number of rotatable bonds is 5. The molecule has 1 atom stereocenters. The van der Waals surface area contributed by atoms with Gasteiger partial charge in [-0.05, 0) is 17.7 Å². The maximum absolute atomic E-state index is 11.0. The molecule has 2 aliphatic rings. The van der Waals surface area contributed by atoms with Crippen molar-refractivity contribution < 1.29 is 28.8 Å². The highest BCUT2D eigenvalue weighted by Gasteiger charge is 2.27. The standard InChI is InChI=1S/C15H19NO6/c1-19-12-4-10(5-13-15(12)22-9-21-13)7-16-2-3-20-8-11(16)6-14(17)18/h4-5,11H,2-3,6-9H2,1H3,(H,17,18). The monoisotopic (exact) mass is 309 g/mol. The molecule has 1 unspecified atom stereocenters. The van der Waals surface area contributed by atoms with E-state index < -0.39 is 5.97 Å². The van der Waals surface area contributed by atoms with Gasteiger partial charge in [0.05, 0.1) is 26.7 Å². The summed E-state index contributed by atoms with van der Waals surface area (Å²) in [5.41, 5.74) is 0.999. The number of carboxylic acid groups (broad SMARTS) is 1. The molecular formula is C15H19NO6. The van der Waals surface area contributed by atoms with Crippen LogP contribution in [-0.4, -0.2) is 55.7 Å². The van der Waals surface area contributed by atoms with Gasteiger partial charge in [0, 0.05) is 19.1 Å². The summed E-state index contributed by atoms with van der Waals surface area (Å²) >= 11 is 0. The highest BCUT2D eigenvalue weighted by Crippen LogP contribution is 2.42. The third kappa shape index (κ3) is 3.10. The number of hydrogen-bond acceptors (Lipinski definition) is 6. The van der Waals surface area contributed by atoms with Gasteiger partial charge < -0.3 is 24.1 Å². The van der Waals surface area contributed by atoms with Crippen molar-refractivity contribution in [2.75, 3.05) is 33.7 Å². The van der Waals surface area contributed by atoms with Crippen LogP contribution in [0.2, 0.25) is 0 Å². The zero-order chi connectivity index (χ0) is 15.5. The molecule has 7 nitrogen and oxygen atoms in total. The Morgan fingerprint density at radius 3 is 3.09 bits per heavy atom. The van der Waals surface area contributed by atoms with E-state index in [0.717, 1.165) is 5.56 Å². The lowest BCUT2D eigenvalue weighted by Gasteiger charge is -2.34. The van der Waals surface area contributed by atoms with E-state index in [-0.39, 0.29) is 19.3 Å². The lowest BCUT2D eigenvalue weighted by Crippen LogP contribution is -2.45. The van der Waals surface area contributed by atoms with E-state index in [9.17, 15) is 4.79 Å². The van der Waals surface area contributed by atoms with Crippen molar-refractivity contribution in [1.82, 2.24) is 4.90 Å². The Bertz CT molecular complexity index is 561. The Morgan fingerprint density at radius 2 is 2.32 bits per heavy atom. The second-order valence-electron chi connectivity index (χ2n) is 5.33. The molecule has 0 aromatic heterocycles. The molecule has 2 heterocycles. The molecule has 0 bridgehead atoms. The Hall–Kier alpha value is -1.99. The zero-order valence-electron chi connectivity index (χ0n) is 12.4. The molecule has 0 saturated carbocycles. The molecule has 3 rings (SSSR count). The quantitative estimate of drug-likeness (QED) is 0.872. The minimum atomic E-state index is -0.816. The number of ether oxygens (including phenoxy) is 4. The van der Waals surface area contributed by atoms with E-state index in [1.807, 2.05) is 12.1 Å². The molecule has 1 saturated heterocycles. The van der Waals surface area contributed by atoms with Crippen LogP contribution in [0.25, 0.3) is 0 Å². The normalized spacial score (nSPS) is 20.9. The van der Waals surface area contributed by atoms with Crippen LogP contribution in [0.5, 0.6) is 17.2 Å². The van der Waals surface area contributed by atoms with Crippen LogP contribution in [-0.2, 0) is 16.1 Å². The summed E-state index contributed by atoms with van der Waals surface area (Å²) in [6, 6.07) is 3.70. The van der Waals surface area contributed by atoms with E-state index >= 15 is 0 Å². The predicted octanol–water partition coefficient (Wildman–Crippen LogP) is 1.10. The molecule has 22 heavy (non-hydrogen) atoms. The van der Waals surface area contributed by atoms with Crippen molar-refractivity contribution in [2.24, 2.45) is 0 Å². The molecule has 7 heteroatoms. The molecule has 0 aliphatic carbocycles. The topological polar surface area (TPSA) is 77.5 Å². The van der Waals surface area contributed by atoms with Crippen molar-refractivity contribution in [3.05, 3.63) is 17.7 Å². The van der Waals surface area contributed by atoms with Gasteiger partial charge in [0.25, 0.3) is 0 Å². The first-order chi connectivity index (χ1) is 10.7. The van der Waals surface area contributed by atoms with E-state index in [1.165, 1.54) is 0 Å². The molecule has 0 radical (unpaired) electrons. The summed E-state index contributed by atoms with van der Waals surface area (Å²) in [6.45, 7) is 2.56. The Balaban J connectivity index is 1.78. The Labute approximate surface area is 128 Å². The second kappa shape index (κ2) is 6.41. The fourth-order valence-corrected chi connectivity index (χ4v) is 2.80. The van der Waals surface area contributed by atoms with Gasteiger partial charge in [-0.15, -0.1) is 0 Å². The summed E-state index contributed by atoms with van der Waals surface area (Å²) in [5.74, 6) is 1.10. The minimum Gasteiger partial charge on any atom is -0.493 e. The predicted molar refractivity (Wildman–Crippen MR) is 76.4 cm³/mol. The third-order valence-corrected chi connectivity index (χ3v) is 3.86. The molecule has 0 spiro atoms. The van der Waals surface area contributed by atoms with E-state index in [2.05, 4.69) is 4.90 Å². The summed E-state index contributed by atoms with van der Waals surface area (Å²) in [4.78, 5) is 13.1. The third-order valence-electron chi connectivity index (χ3n) is 3.86. The molecule has 120 valence electrons. The molecule has 0 amide bonds. The average molecular weight is 309 g/mol. The first-order valence-corrected chi connectivity index (χ1v) is 7.17. The van der Waals surface area contributed by atoms with Crippen molar-refractivity contribution in [3.8, 4) is 17.2 Å². The van der Waals surface area contributed by atoms with E-state index in [1.54, 1.807) is 7.11 Å². The van der Waals surface area contributed by atoms with Crippen LogP contribution in [0.15, 0.2) is 12.1 Å². The Kier molecular flexibility index (Phi) is 4.35. The van der Waals surface area contributed by atoms with E-state index in [4.69, 9.17) is 24.1 Å². The van der Waals surface area contributed by atoms with Gasteiger partial charge in [0.1, 0.15) is 0 Å². The summed E-state index contributed by atoms with van der Waals surface area (Å²) in [6.07, 6.45) is 0.0711. The fourth-order valence-electron chi connectivity index (χ4n) is 2.80. The van der Waals surface area contributed by atoms with Crippen LogP contribution in [0.4, 0.5) is 0 Å². The zero-order valence-corrected chi connectivity index (χ0v) is 12.4. The lowest BCUT2D eigenvalue weighted by atomic mass is 10.1. The highest BCUT2D eigenvalue weighted by atomic mass is 16.7. The molecule has 2 aliphatic heterocycles. The fraction of sp³-hybridized carbons (Fsp3) is 0.533. The van der Waals surface area contributed by atoms with E-state index in [0.29, 0.717) is 43.6 Å². The number of aliphatic carboxylic acids is 1. The number of morpholine rings is 1. The molecule has 1 aromatic rings. The first kappa shape index (κ1) is 14.9. The largest absolute Gasteiger partial charge is 0.493 e. The summed E-state index contributed by atoms with van der Waals surface area (Å²) in [5, 5.41) is 9.02. The number of methoxy groups -OCH3 is 1. The van der Waals surface area contributed by atoms with Crippen molar-refractivity contribution in [3.63, 3.8) is 0 Å². The van der Waals surface area contributed by atoms with Crippen molar-refractivity contribution in [1.29, 1.82) is 0 Å². The molecule has 1 fully saturated rings. The van der Waals surface area contributed by atoms with Crippen LogP contribution in [0.3, 0.4) is 0 Å². The number of fused-ring (bicyclic) bond motifs is 1. The van der Waals surface area contributed by atoms with Crippen LogP contribution < -0.4 is 14.2 Å². The summed E-state index contributed by atoms with van der Waals surface area (Å²) in [7, 11) is 1.59.